The van der Waals surface area contributed by atoms with Crippen molar-refractivity contribution in [3.63, 3.8) is 0 Å². The molecule has 1 fully saturated rings. The van der Waals surface area contributed by atoms with Crippen LogP contribution in [0.3, 0.4) is 0 Å². The quantitative estimate of drug-likeness (QED) is 0.572. The van der Waals surface area contributed by atoms with E-state index in [0.29, 0.717) is 32.4 Å². The number of hydrogen-bond acceptors (Lipinski definition) is 4. The van der Waals surface area contributed by atoms with Gasteiger partial charge in [0.25, 0.3) is 0 Å². The molecule has 0 radical (unpaired) electrons. The number of halogens is 3. The van der Waals surface area contributed by atoms with Crippen LogP contribution in [0, 0.1) is 5.92 Å². The number of nitrogens with one attached hydrogen (secondary N) is 1. The number of benzene rings is 1. The molecule has 7 nitrogen and oxygen atoms in total. The molecule has 0 bridgehead atoms. The van der Waals surface area contributed by atoms with Gasteiger partial charge < -0.3 is 9.64 Å². The molecule has 0 spiro atoms. The molecule has 1 heterocycles. The maximum Gasteiger partial charge on any atom is 0.416 e. The number of amides is 2. The first-order chi connectivity index (χ1) is 16.1. The number of likely N-dealkylation sites (N-methyl/N-ethyl adjacent to an activating group) is 1. The summed E-state index contributed by atoms with van der Waals surface area (Å²) >= 11 is 0. The smallest absolute Gasteiger partial charge is 0.416 e. The van der Waals surface area contributed by atoms with Crippen LogP contribution in [0.25, 0.3) is 0 Å². The molecule has 2 rings (SSSR count). The molecule has 1 N–H and O–H groups in total. The van der Waals surface area contributed by atoms with Crippen molar-refractivity contribution in [3.8, 4) is 0 Å². The van der Waals surface area contributed by atoms with Crippen LogP contribution in [0.4, 0.5) is 18.0 Å². The number of carbonyl (C=O) groups is 2. The molecule has 0 aliphatic carbocycles. The van der Waals surface area contributed by atoms with Gasteiger partial charge in [-0.2, -0.15) is 13.2 Å². The maximum atomic E-state index is 13.3. The van der Waals surface area contributed by atoms with Crippen molar-refractivity contribution < 1.29 is 31.7 Å². The van der Waals surface area contributed by atoms with Crippen LogP contribution >= 0.6 is 0 Å². The first kappa shape index (κ1) is 29.1. The summed E-state index contributed by atoms with van der Waals surface area (Å²) in [5.41, 5.74) is -1.54. The number of nitrogens with zero attached hydrogens (tertiary/aromatic N) is 2. The van der Waals surface area contributed by atoms with Crippen molar-refractivity contribution in [2.24, 2.45) is 5.92 Å². The van der Waals surface area contributed by atoms with Gasteiger partial charge in [-0.3, -0.25) is 9.69 Å². The summed E-state index contributed by atoms with van der Waals surface area (Å²) in [6.07, 6.45) is -3.62. The van der Waals surface area contributed by atoms with Crippen LogP contribution in [0.5, 0.6) is 0 Å². The van der Waals surface area contributed by atoms with E-state index in [0.717, 1.165) is 12.1 Å². The van der Waals surface area contributed by atoms with Crippen molar-refractivity contribution in [2.75, 3.05) is 20.1 Å². The van der Waals surface area contributed by atoms with Gasteiger partial charge >= 0.3 is 12.3 Å². The first-order valence-corrected chi connectivity index (χ1v) is 12.8. The predicted molar refractivity (Wildman–Crippen MR) is 128 cm³/mol. The minimum absolute atomic E-state index is 0.0503. The fourth-order valence-corrected chi connectivity index (χ4v) is 4.88. The summed E-state index contributed by atoms with van der Waals surface area (Å²) in [5.74, 6) is -0.00700. The average Bonchev–Trinajstić information content (AvgIpc) is 2.75. The van der Waals surface area contributed by atoms with E-state index in [4.69, 9.17) is 4.74 Å². The van der Waals surface area contributed by atoms with Crippen LogP contribution in [-0.2, 0) is 26.7 Å². The number of hydrogen-bond donors (Lipinski definition) is 1. The highest BCUT2D eigenvalue weighted by Gasteiger charge is 2.35. The van der Waals surface area contributed by atoms with Gasteiger partial charge in [0.1, 0.15) is 22.6 Å². The lowest BCUT2D eigenvalue weighted by atomic mass is 9.99. The van der Waals surface area contributed by atoms with Gasteiger partial charge in [-0.05, 0) is 64.2 Å². The van der Waals surface area contributed by atoms with E-state index in [-0.39, 0.29) is 22.8 Å². The van der Waals surface area contributed by atoms with E-state index in [1.165, 1.54) is 17.0 Å². The molecule has 198 valence electrons. The van der Waals surface area contributed by atoms with Gasteiger partial charge in [-0.25, -0.2) is 13.7 Å². The molecule has 1 aliphatic rings. The van der Waals surface area contributed by atoms with Crippen LogP contribution in [-0.4, -0.2) is 63.8 Å². The predicted octanol–water partition coefficient (Wildman–Crippen LogP) is 4.59. The highest BCUT2D eigenvalue weighted by molar-refractivity contribution is 7.83. The Morgan fingerprint density at radius 3 is 2.31 bits per heavy atom. The Morgan fingerprint density at radius 2 is 1.80 bits per heavy atom. The van der Waals surface area contributed by atoms with Crippen LogP contribution in [0.2, 0.25) is 0 Å². The Morgan fingerprint density at radius 1 is 1.20 bits per heavy atom. The number of ether oxygens (including phenoxy) is 1. The van der Waals surface area contributed by atoms with Crippen LogP contribution in [0.1, 0.15) is 59.4 Å². The highest BCUT2D eigenvalue weighted by atomic mass is 32.2. The van der Waals surface area contributed by atoms with Gasteiger partial charge in [0.2, 0.25) is 5.91 Å². The van der Waals surface area contributed by atoms with E-state index < -0.39 is 40.5 Å². The van der Waals surface area contributed by atoms with Gasteiger partial charge in [0, 0.05) is 26.2 Å². The molecule has 1 aromatic carbocycles. The topological polar surface area (TPSA) is 79.0 Å². The molecule has 35 heavy (non-hydrogen) atoms. The molecule has 1 aliphatic heterocycles. The maximum absolute atomic E-state index is 13.3. The summed E-state index contributed by atoms with van der Waals surface area (Å²) < 4.78 is 59.8. The van der Waals surface area contributed by atoms with Gasteiger partial charge in [-0.15, -0.1) is 0 Å². The lowest BCUT2D eigenvalue weighted by Crippen LogP contribution is -2.54. The summed E-state index contributed by atoms with van der Waals surface area (Å²) in [6.45, 7) is 10.0. The summed E-state index contributed by atoms with van der Waals surface area (Å²) in [4.78, 5) is 29.0. The molecular weight excluding hydrogens is 483 g/mol. The third-order valence-corrected chi connectivity index (χ3v) is 6.81. The molecule has 2 unspecified atom stereocenters. The van der Waals surface area contributed by atoms with Crippen LogP contribution < -0.4 is 4.72 Å². The van der Waals surface area contributed by atoms with Crippen molar-refractivity contribution >= 4 is 23.0 Å². The largest absolute Gasteiger partial charge is 0.444 e. The van der Waals surface area contributed by atoms with Crippen LogP contribution in [0.15, 0.2) is 29.2 Å². The normalized spacial score (nSPS) is 17.3. The SMILES string of the molecule is CC(C)CC(C(=O)N1CCC(NS(=O)c2cccc(C(F)(F)F)c2)CC1)N(C)C(=O)OC(C)(C)C. The standard InChI is InChI=1S/C24H36F3N3O4S/c1-16(2)14-20(29(6)22(32)34-23(3,4)5)21(31)30-12-10-18(11-13-30)28-35(33)19-9-7-8-17(15-19)24(25,26)27/h7-9,15-16,18,20,28H,10-14H2,1-6H3. The number of alkyl halides is 3. The molecule has 1 aromatic rings. The molecule has 0 aromatic heterocycles. The van der Waals surface area contributed by atoms with E-state index in [1.807, 2.05) is 13.8 Å². The highest BCUT2D eigenvalue weighted by Crippen LogP contribution is 2.30. The third kappa shape index (κ3) is 8.79. The van der Waals surface area contributed by atoms with Gasteiger partial charge in [0.05, 0.1) is 10.5 Å². The van der Waals surface area contributed by atoms with E-state index in [9.17, 15) is 27.0 Å². The monoisotopic (exact) mass is 519 g/mol. The Kier molecular flexibility index (Phi) is 9.75. The molecule has 11 heteroatoms. The van der Waals surface area contributed by atoms with Gasteiger partial charge in [0.15, 0.2) is 0 Å². The summed E-state index contributed by atoms with van der Waals surface area (Å²) in [5, 5.41) is 0. The van der Waals surface area contributed by atoms with Crippen molar-refractivity contribution in [3.05, 3.63) is 29.8 Å². The lowest BCUT2D eigenvalue weighted by molar-refractivity contribution is -0.138. The lowest BCUT2D eigenvalue weighted by Gasteiger charge is -2.37. The van der Waals surface area contributed by atoms with E-state index >= 15 is 0 Å². The van der Waals surface area contributed by atoms with Crippen molar-refractivity contribution in [1.29, 1.82) is 0 Å². The second-order valence-corrected chi connectivity index (χ2v) is 11.5. The molecule has 1 saturated heterocycles. The number of piperidine rings is 1. The number of carbonyl (C=O) groups excluding carboxylic acids is 2. The molecule has 2 amide bonds. The molecular formula is C24H36F3N3O4S. The molecule has 0 saturated carbocycles. The fourth-order valence-electron chi connectivity index (χ4n) is 3.77. The second-order valence-electron chi connectivity index (χ2n) is 10.2. The summed E-state index contributed by atoms with van der Waals surface area (Å²) in [6, 6.07) is 3.54. The minimum Gasteiger partial charge on any atom is -0.444 e. The van der Waals surface area contributed by atoms with Gasteiger partial charge in [-0.1, -0.05) is 19.9 Å². The molecule has 2 atom stereocenters. The Hall–Kier alpha value is -2.14. The number of likely N-dealkylation sites (tertiary alicyclic amines) is 1. The second kappa shape index (κ2) is 11.7. The zero-order valence-corrected chi connectivity index (χ0v) is 22.0. The Balaban J connectivity index is 2.00. The van der Waals surface area contributed by atoms with E-state index in [1.54, 1.807) is 32.7 Å². The summed E-state index contributed by atoms with van der Waals surface area (Å²) in [7, 11) is -0.250. The van der Waals surface area contributed by atoms with Crippen molar-refractivity contribution in [2.45, 2.75) is 82.6 Å². The zero-order chi connectivity index (χ0) is 26.6. The minimum atomic E-state index is -4.51. The van der Waals surface area contributed by atoms with Crippen molar-refractivity contribution in [1.82, 2.24) is 14.5 Å². The zero-order valence-electron chi connectivity index (χ0n) is 21.1. The average molecular weight is 520 g/mol. The Labute approximate surface area is 208 Å². The van der Waals surface area contributed by atoms with E-state index in [2.05, 4.69) is 4.72 Å². The number of rotatable bonds is 7. The third-order valence-electron chi connectivity index (χ3n) is 5.58. The fraction of sp³-hybridized carbons (Fsp3) is 0.667. The first-order valence-electron chi connectivity index (χ1n) is 11.7. The Bertz CT molecular complexity index is 910.